The third-order valence-corrected chi connectivity index (χ3v) is 5.97. The Morgan fingerprint density at radius 3 is 1.87 bits per heavy atom. The van der Waals surface area contributed by atoms with E-state index >= 15 is 0 Å². The van der Waals surface area contributed by atoms with Gasteiger partial charge in [0.2, 0.25) is 0 Å². The van der Waals surface area contributed by atoms with Gasteiger partial charge in [-0.1, -0.05) is 78.9 Å². The van der Waals surface area contributed by atoms with Crippen molar-refractivity contribution in [3.63, 3.8) is 0 Å². The highest BCUT2D eigenvalue weighted by molar-refractivity contribution is 6.59. The Balaban J connectivity index is 1.97. The van der Waals surface area contributed by atoms with Crippen molar-refractivity contribution in [2.24, 2.45) is 0 Å². The maximum absolute atomic E-state index is 9.81. The first-order valence-electron chi connectivity index (χ1n) is 10.0. The molecule has 1 aromatic heterocycles. The molecule has 0 radical (unpaired) electrons. The molecular formula is C26H18BNO2. The predicted molar refractivity (Wildman–Crippen MR) is 126 cm³/mol. The van der Waals surface area contributed by atoms with E-state index in [1.807, 2.05) is 30.3 Å². The molecule has 0 unspecified atom stereocenters. The van der Waals surface area contributed by atoms with Crippen molar-refractivity contribution in [1.29, 1.82) is 0 Å². The molecule has 0 fully saturated rings. The van der Waals surface area contributed by atoms with Gasteiger partial charge in [0.25, 0.3) is 0 Å². The minimum Gasteiger partial charge on any atom is -0.423 e. The van der Waals surface area contributed by atoms with E-state index in [1.165, 1.54) is 26.9 Å². The van der Waals surface area contributed by atoms with Crippen molar-refractivity contribution in [2.45, 2.75) is 0 Å². The van der Waals surface area contributed by atoms with E-state index in [4.69, 9.17) is 0 Å². The highest BCUT2D eigenvalue weighted by Crippen LogP contribution is 2.41. The van der Waals surface area contributed by atoms with E-state index in [-0.39, 0.29) is 0 Å². The van der Waals surface area contributed by atoms with E-state index in [0.717, 1.165) is 22.1 Å². The lowest BCUT2D eigenvalue weighted by molar-refractivity contribution is 0.426. The number of rotatable bonds is 2. The van der Waals surface area contributed by atoms with Crippen LogP contribution in [0.2, 0.25) is 0 Å². The summed E-state index contributed by atoms with van der Waals surface area (Å²) in [5.74, 6) is 0. The molecule has 0 atom stereocenters. The molecule has 1 heterocycles. The van der Waals surface area contributed by atoms with Gasteiger partial charge in [0, 0.05) is 21.8 Å². The van der Waals surface area contributed by atoms with Gasteiger partial charge in [0.15, 0.2) is 0 Å². The highest BCUT2D eigenvalue weighted by atomic mass is 16.4. The molecule has 6 aromatic rings. The minimum atomic E-state index is -1.51. The van der Waals surface area contributed by atoms with Crippen LogP contribution in [0.25, 0.3) is 49.0 Å². The van der Waals surface area contributed by atoms with Gasteiger partial charge in [-0.25, -0.2) is 0 Å². The zero-order valence-corrected chi connectivity index (χ0v) is 16.2. The lowest BCUT2D eigenvalue weighted by Gasteiger charge is -2.12. The molecular weight excluding hydrogens is 369 g/mol. The number of nitrogens with zero attached hydrogens (tertiary/aromatic N) is 1. The lowest BCUT2D eigenvalue weighted by atomic mass is 9.80. The second-order valence-corrected chi connectivity index (χ2v) is 7.64. The van der Waals surface area contributed by atoms with Crippen LogP contribution in [0.5, 0.6) is 0 Å². The van der Waals surface area contributed by atoms with E-state index in [1.54, 1.807) is 6.07 Å². The first-order valence-corrected chi connectivity index (χ1v) is 10.0. The molecule has 0 amide bonds. The maximum Gasteiger partial charge on any atom is 0.488 e. The first kappa shape index (κ1) is 17.3. The average Bonchev–Trinajstić information content (AvgIpc) is 3.14. The fraction of sp³-hybridized carbons (Fsp3) is 0. The van der Waals surface area contributed by atoms with Gasteiger partial charge in [-0.2, -0.15) is 0 Å². The molecule has 0 aliphatic carbocycles. The zero-order chi connectivity index (χ0) is 20.2. The van der Waals surface area contributed by atoms with Gasteiger partial charge in [0.05, 0.1) is 11.0 Å². The minimum absolute atomic E-state index is 0.482. The Morgan fingerprint density at radius 2 is 1.17 bits per heavy atom. The van der Waals surface area contributed by atoms with Crippen molar-refractivity contribution in [1.82, 2.24) is 4.57 Å². The summed E-state index contributed by atoms with van der Waals surface area (Å²) in [5, 5.41) is 26.7. The van der Waals surface area contributed by atoms with E-state index in [9.17, 15) is 10.0 Å². The number of para-hydroxylation sites is 1. The van der Waals surface area contributed by atoms with Crippen molar-refractivity contribution >= 4 is 55.9 Å². The predicted octanol–water partition coefficient (Wildman–Crippen LogP) is 4.77. The smallest absolute Gasteiger partial charge is 0.423 e. The van der Waals surface area contributed by atoms with Crippen LogP contribution in [0.3, 0.4) is 0 Å². The monoisotopic (exact) mass is 387 g/mol. The number of hydrogen-bond acceptors (Lipinski definition) is 2. The summed E-state index contributed by atoms with van der Waals surface area (Å²) < 4.78 is 2.24. The molecule has 142 valence electrons. The molecule has 0 aliphatic rings. The fourth-order valence-corrected chi connectivity index (χ4v) is 4.70. The van der Waals surface area contributed by atoms with Crippen LogP contribution in [0.1, 0.15) is 0 Å². The van der Waals surface area contributed by atoms with E-state index < -0.39 is 7.12 Å². The van der Waals surface area contributed by atoms with Crippen LogP contribution < -0.4 is 5.46 Å². The first-order chi connectivity index (χ1) is 14.7. The van der Waals surface area contributed by atoms with Gasteiger partial charge >= 0.3 is 7.12 Å². The maximum atomic E-state index is 9.81. The summed E-state index contributed by atoms with van der Waals surface area (Å²) in [4.78, 5) is 0. The summed E-state index contributed by atoms with van der Waals surface area (Å²) in [7, 11) is -1.51. The number of hydrogen-bond donors (Lipinski definition) is 2. The number of benzene rings is 5. The average molecular weight is 387 g/mol. The van der Waals surface area contributed by atoms with Gasteiger partial charge in [0.1, 0.15) is 0 Å². The summed E-state index contributed by atoms with van der Waals surface area (Å²) >= 11 is 0. The number of fused-ring (bicyclic) bond motifs is 8. The van der Waals surface area contributed by atoms with Crippen LogP contribution in [0.15, 0.2) is 97.1 Å². The molecule has 0 spiro atoms. The Kier molecular flexibility index (Phi) is 3.72. The Morgan fingerprint density at radius 1 is 0.567 bits per heavy atom. The molecule has 2 N–H and O–H groups in total. The molecule has 30 heavy (non-hydrogen) atoms. The molecule has 5 aromatic carbocycles. The summed E-state index contributed by atoms with van der Waals surface area (Å²) in [5.41, 5.74) is 3.62. The normalized spacial score (nSPS) is 11.7. The molecule has 0 bridgehead atoms. The SMILES string of the molecule is OB(O)c1ccc2c3c4ccccc4c4ccccc4c3n(-c3ccccc3)c2c1. The third kappa shape index (κ3) is 2.35. The fourth-order valence-electron chi connectivity index (χ4n) is 4.70. The largest absolute Gasteiger partial charge is 0.488 e. The second kappa shape index (κ2) is 6.46. The van der Waals surface area contributed by atoms with Gasteiger partial charge in [-0.3, -0.25) is 0 Å². The zero-order valence-electron chi connectivity index (χ0n) is 16.2. The summed E-state index contributed by atoms with van der Waals surface area (Å²) in [6.07, 6.45) is 0. The summed E-state index contributed by atoms with van der Waals surface area (Å²) in [6.45, 7) is 0. The van der Waals surface area contributed by atoms with Crippen LogP contribution in [0.4, 0.5) is 0 Å². The lowest BCUT2D eigenvalue weighted by Crippen LogP contribution is -2.29. The topological polar surface area (TPSA) is 45.4 Å². The van der Waals surface area contributed by atoms with Crippen LogP contribution in [-0.2, 0) is 0 Å². The molecule has 6 rings (SSSR count). The van der Waals surface area contributed by atoms with Crippen LogP contribution in [0, 0.1) is 0 Å². The highest BCUT2D eigenvalue weighted by Gasteiger charge is 2.20. The van der Waals surface area contributed by atoms with E-state index in [0.29, 0.717) is 5.46 Å². The van der Waals surface area contributed by atoms with Crippen LogP contribution in [-0.4, -0.2) is 21.7 Å². The molecule has 0 saturated heterocycles. The summed E-state index contributed by atoms with van der Waals surface area (Å²) in [6, 6.07) is 32.9. The molecule has 3 nitrogen and oxygen atoms in total. The van der Waals surface area contributed by atoms with Crippen molar-refractivity contribution in [2.75, 3.05) is 0 Å². The Bertz CT molecular complexity index is 1570. The second-order valence-electron chi connectivity index (χ2n) is 7.64. The van der Waals surface area contributed by atoms with Crippen molar-refractivity contribution in [3.8, 4) is 5.69 Å². The van der Waals surface area contributed by atoms with Gasteiger partial charge in [-0.15, -0.1) is 0 Å². The quantitative estimate of drug-likeness (QED) is 0.332. The van der Waals surface area contributed by atoms with E-state index in [2.05, 4.69) is 65.2 Å². The Labute approximate surface area is 173 Å². The third-order valence-electron chi connectivity index (χ3n) is 5.97. The standard InChI is InChI=1S/C26H18BNO2/c29-27(30)17-14-15-23-24(16-17)28(18-8-2-1-3-9-18)26-22-13-7-5-11-20(22)19-10-4-6-12-21(19)25(23)26/h1-16,29-30H. The van der Waals surface area contributed by atoms with Crippen LogP contribution >= 0.6 is 0 Å². The van der Waals surface area contributed by atoms with Gasteiger partial charge in [-0.05, 0) is 39.8 Å². The number of aromatic nitrogens is 1. The molecule has 4 heteroatoms. The Hall–Kier alpha value is -3.60. The molecule has 0 saturated carbocycles. The van der Waals surface area contributed by atoms with Gasteiger partial charge < -0.3 is 14.6 Å². The van der Waals surface area contributed by atoms with Crippen molar-refractivity contribution in [3.05, 3.63) is 97.1 Å². The van der Waals surface area contributed by atoms with Crippen molar-refractivity contribution < 1.29 is 10.0 Å². The molecule has 0 aliphatic heterocycles.